The highest BCUT2D eigenvalue weighted by Crippen LogP contribution is 2.25. The van der Waals surface area contributed by atoms with Gasteiger partial charge < -0.3 is 4.74 Å². The summed E-state index contributed by atoms with van der Waals surface area (Å²) in [6, 6.07) is 0.757. The second-order valence-electron chi connectivity index (χ2n) is 3.23. The van der Waals surface area contributed by atoms with E-state index in [9.17, 15) is 28.1 Å². The zero-order valence-corrected chi connectivity index (χ0v) is 9.00. The van der Waals surface area contributed by atoms with Gasteiger partial charge in [0, 0.05) is 12.1 Å². The Bertz CT molecular complexity index is 535. The van der Waals surface area contributed by atoms with Crippen LogP contribution in [0.4, 0.5) is 18.9 Å². The summed E-state index contributed by atoms with van der Waals surface area (Å²) in [5.74, 6) is -2.18. The number of nitro groups is 1. The minimum atomic E-state index is -5.09. The first-order valence-electron chi connectivity index (χ1n) is 4.62. The molecule has 19 heavy (non-hydrogen) atoms. The molecule has 7 nitrogen and oxygen atoms in total. The fraction of sp³-hybridized carbons (Fsp3) is 0.222. The van der Waals surface area contributed by atoms with Gasteiger partial charge in [0.1, 0.15) is 10.7 Å². The van der Waals surface area contributed by atoms with Gasteiger partial charge >= 0.3 is 18.2 Å². The Labute approximate surface area is 103 Å². The molecule has 0 heterocycles. The Morgan fingerprint density at radius 2 is 1.89 bits per heavy atom. The Kier molecular flexibility index (Phi) is 4.00. The van der Waals surface area contributed by atoms with Crippen LogP contribution >= 0.6 is 0 Å². The van der Waals surface area contributed by atoms with E-state index in [1.54, 1.807) is 0 Å². The molecule has 0 bridgehead atoms. The van der Waals surface area contributed by atoms with Crippen LogP contribution in [0.5, 0.6) is 5.75 Å². The molecule has 1 atom stereocenters. The van der Waals surface area contributed by atoms with Gasteiger partial charge in [-0.1, -0.05) is 0 Å². The van der Waals surface area contributed by atoms with E-state index in [1.165, 1.54) is 0 Å². The van der Waals surface area contributed by atoms with E-state index in [0.717, 1.165) is 24.3 Å². The van der Waals surface area contributed by atoms with Gasteiger partial charge in [0.25, 0.3) is 5.69 Å². The molecule has 1 aromatic carbocycles. The number of rotatable bonds is 3. The van der Waals surface area contributed by atoms with Gasteiger partial charge in [0.05, 0.1) is 4.92 Å². The van der Waals surface area contributed by atoms with Crippen LogP contribution in [0.1, 0.15) is 0 Å². The largest absolute Gasteiger partial charge is 0.500 e. The van der Waals surface area contributed by atoms with E-state index < -0.39 is 23.1 Å². The van der Waals surface area contributed by atoms with E-state index in [2.05, 4.69) is 4.74 Å². The lowest BCUT2D eigenvalue weighted by molar-refractivity contribution is -0.384. The average Bonchev–Trinajstić information content (AvgIpc) is 2.28. The molecule has 0 amide bonds. The molecule has 1 rings (SSSR count). The number of carbonyl (C=O) groups is 1. The molecule has 0 aliphatic rings. The molecule has 10 heteroatoms. The SMILES string of the molecule is N#[N+]C(C(=O)Oc1ccc([N+](=O)[O-])cc1)C(F)(F)F. The number of ether oxygens (including phenoxy) is 1. The van der Waals surface area contributed by atoms with Crippen molar-refractivity contribution in [1.29, 1.82) is 5.39 Å². The van der Waals surface area contributed by atoms with Crippen LogP contribution in [-0.2, 0) is 4.79 Å². The number of halogens is 3. The number of diazo groups is 1. The Morgan fingerprint density at radius 3 is 2.26 bits per heavy atom. The topological polar surface area (TPSA) is 97.6 Å². The van der Waals surface area contributed by atoms with Crippen molar-refractivity contribution in [2.45, 2.75) is 12.2 Å². The summed E-state index contributed by atoms with van der Waals surface area (Å²) in [7, 11) is 0. The summed E-state index contributed by atoms with van der Waals surface area (Å²) in [6.07, 6.45) is -5.09. The van der Waals surface area contributed by atoms with Crippen LogP contribution in [-0.4, -0.2) is 23.1 Å². The van der Waals surface area contributed by atoms with Crippen molar-refractivity contribution in [1.82, 2.24) is 0 Å². The molecular weight excluding hydrogens is 271 g/mol. The normalized spacial score (nSPS) is 12.3. The number of hydrogen-bond acceptors (Lipinski definition) is 5. The summed E-state index contributed by atoms with van der Waals surface area (Å²) in [6.45, 7) is 0. The summed E-state index contributed by atoms with van der Waals surface area (Å²) < 4.78 is 40.9. The monoisotopic (exact) mass is 276 g/mol. The molecule has 0 saturated carbocycles. The molecule has 0 N–H and O–H groups in total. The molecule has 0 spiro atoms. The lowest BCUT2D eigenvalue weighted by Gasteiger charge is -2.05. The van der Waals surface area contributed by atoms with Crippen LogP contribution in [0.2, 0.25) is 0 Å². The zero-order valence-electron chi connectivity index (χ0n) is 9.00. The smallest absolute Gasteiger partial charge is 0.420 e. The quantitative estimate of drug-likeness (QED) is 0.277. The molecule has 100 valence electrons. The van der Waals surface area contributed by atoms with Gasteiger partial charge in [0.15, 0.2) is 0 Å². The van der Waals surface area contributed by atoms with E-state index in [4.69, 9.17) is 5.39 Å². The summed E-state index contributed by atoms with van der Waals surface area (Å²) in [5, 5.41) is 18.5. The van der Waals surface area contributed by atoms with E-state index in [0.29, 0.717) is 0 Å². The lowest BCUT2D eigenvalue weighted by Crippen LogP contribution is -2.36. The molecule has 0 radical (unpaired) electrons. The third kappa shape index (κ3) is 3.63. The number of benzene rings is 1. The van der Waals surface area contributed by atoms with Gasteiger partial charge in [-0.05, 0) is 12.1 Å². The van der Waals surface area contributed by atoms with Gasteiger partial charge in [0.2, 0.25) is 5.39 Å². The molecule has 0 fully saturated rings. The number of esters is 1. The van der Waals surface area contributed by atoms with Crippen LogP contribution in [0, 0.1) is 15.5 Å². The molecule has 0 saturated heterocycles. The van der Waals surface area contributed by atoms with Gasteiger partial charge in [-0.3, -0.25) is 10.1 Å². The fourth-order valence-electron chi connectivity index (χ4n) is 1.05. The predicted molar refractivity (Wildman–Crippen MR) is 53.7 cm³/mol. The fourth-order valence-corrected chi connectivity index (χ4v) is 1.05. The van der Waals surface area contributed by atoms with Crippen molar-refractivity contribution in [3.8, 4) is 5.75 Å². The Balaban J connectivity index is 2.83. The van der Waals surface area contributed by atoms with Crippen molar-refractivity contribution < 1.29 is 27.6 Å². The van der Waals surface area contributed by atoms with Crippen molar-refractivity contribution in [3.63, 3.8) is 0 Å². The molecule has 1 aromatic rings. The van der Waals surface area contributed by atoms with Crippen molar-refractivity contribution in [3.05, 3.63) is 39.4 Å². The summed E-state index contributed by atoms with van der Waals surface area (Å²) in [5.41, 5.74) is -0.320. The number of nitrogens with zero attached hydrogens (tertiary/aromatic N) is 3. The maximum absolute atomic E-state index is 12.2. The number of nitro benzene ring substituents is 1. The van der Waals surface area contributed by atoms with Gasteiger partial charge in [-0.2, -0.15) is 13.2 Å². The number of carbonyl (C=O) groups excluding carboxylic acids is 1. The summed E-state index contributed by atoms with van der Waals surface area (Å²) in [4.78, 5) is 22.6. The second-order valence-corrected chi connectivity index (χ2v) is 3.23. The highest BCUT2D eigenvalue weighted by atomic mass is 19.4. The van der Waals surface area contributed by atoms with Crippen LogP contribution in [0.15, 0.2) is 24.3 Å². The van der Waals surface area contributed by atoms with Crippen LogP contribution in [0.25, 0.3) is 4.98 Å². The second kappa shape index (κ2) is 5.30. The van der Waals surface area contributed by atoms with Gasteiger partial charge in [-0.25, -0.2) is 4.79 Å². The highest BCUT2D eigenvalue weighted by Gasteiger charge is 2.58. The standard InChI is InChI=1S/C9H5F3N3O4/c10-9(11,12)7(14-13)8(16)19-6-3-1-5(2-4-6)15(17)18/h1-4,7H/q+1. The maximum atomic E-state index is 12.2. The summed E-state index contributed by atoms with van der Waals surface area (Å²) >= 11 is 0. The van der Waals surface area contributed by atoms with Gasteiger partial charge in [-0.15, -0.1) is 0 Å². The van der Waals surface area contributed by atoms with Crippen molar-refractivity contribution in [2.24, 2.45) is 0 Å². The average molecular weight is 276 g/mol. The minimum Gasteiger partial charge on any atom is -0.420 e. The first-order chi connectivity index (χ1) is 8.75. The maximum Gasteiger partial charge on any atom is 0.500 e. The molecular formula is C9H5F3N3O4+. The van der Waals surface area contributed by atoms with Crippen LogP contribution < -0.4 is 4.74 Å². The Hall–Kier alpha value is -2.70. The molecule has 0 aliphatic heterocycles. The zero-order chi connectivity index (χ0) is 14.6. The number of alkyl halides is 3. The first kappa shape index (κ1) is 14.4. The van der Waals surface area contributed by atoms with E-state index in [-0.39, 0.29) is 11.4 Å². The first-order valence-corrected chi connectivity index (χ1v) is 4.62. The third-order valence-electron chi connectivity index (χ3n) is 1.91. The van der Waals surface area contributed by atoms with Crippen LogP contribution in [0.3, 0.4) is 0 Å². The number of hydrogen-bond donors (Lipinski definition) is 0. The van der Waals surface area contributed by atoms with E-state index >= 15 is 0 Å². The number of non-ortho nitro benzene ring substituents is 1. The predicted octanol–water partition coefficient (Wildman–Crippen LogP) is 2.28. The highest BCUT2D eigenvalue weighted by molar-refractivity contribution is 5.80. The lowest BCUT2D eigenvalue weighted by atomic mass is 10.3. The molecule has 0 aliphatic carbocycles. The van der Waals surface area contributed by atoms with E-state index in [1.807, 2.05) is 4.98 Å². The Morgan fingerprint density at radius 1 is 1.37 bits per heavy atom. The minimum absolute atomic E-state index is 0.320. The third-order valence-corrected chi connectivity index (χ3v) is 1.91. The molecule has 0 aromatic heterocycles. The van der Waals surface area contributed by atoms with Crippen molar-refractivity contribution >= 4 is 11.7 Å². The van der Waals surface area contributed by atoms with Crippen molar-refractivity contribution in [2.75, 3.05) is 0 Å². The molecule has 1 unspecified atom stereocenters.